The van der Waals surface area contributed by atoms with Crippen molar-refractivity contribution >= 4 is 31.9 Å². The fourth-order valence-corrected chi connectivity index (χ4v) is 3.74. The second kappa shape index (κ2) is 6.21. The van der Waals surface area contributed by atoms with Gasteiger partial charge in [0.15, 0.2) is 0 Å². The van der Waals surface area contributed by atoms with E-state index in [1.54, 1.807) is 0 Å². The minimum atomic E-state index is 0.631. The lowest BCUT2D eigenvalue weighted by atomic mass is 10.0. The molecule has 1 aliphatic rings. The quantitative estimate of drug-likeness (QED) is 0.876. The van der Waals surface area contributed by atoms with Gasteiger partial charge in [-0.2, -0.15) is 0 Å². The van der Waals surface area contributed by atoms with E-state index >= 15 is 0 Å². The Bertz CT molecular complexity index is 366. The van der Waals surface area contributed by atoms with E-state index in [9.17, 15) is 0 Å². The van der Waals surface area contributed by atoms with Gasteiger partial charge in [-0.3, -0.25) is 0 Å². The van der Waals surface area contributed by atoms with Crippen LogP contribution < -0.4 is 10.1 Å². The third kappa shape index (κ3) is 3.46. The molecule has 1 aliphatic heterocycles. The Labute approximate surface area is 119 Å². The van der Waals surface area contributed by atoms with Crippen molar-refractivity contribution < 1.29 is 4.74 Å². The summed E-state index contributed by atoms with van der Waals surface area (Å²) < 4.78 is 7.64. The average Bonchev–Trinajstić information content (AvgIpc) is 2.76. The molecular formula is C13H17Br2NO. The van der Waals surface area contributed by atoms with E-state index in [0.29, 0.717) is 12.6 Å². The predicted molar refractivity (Wildman–Crippen MR) is 77.7 cm³/mol. The zero-order valence-electron chi connectivity index (χ0n) is 9.93. The Morgan fingerprint density at radius 2 is 2.06 bits per heavy atom. The number of hydrogen-bond acceptors (Lipinski definition) is 2. The van der Waals surface area contributed by atoms with E-state index in [-0.39, 0.29) is 0 Å². The van der Waals surface area contributed by atoms with E-state index in [4.69, 9.17) is 4.74 Å². The molecule has 17 heavy (non-hydrogen) atoms. The van der Waals surface area contributed by atoms with Crippen LogP contribution in [0.1, 0.15) is 25.3 Å². The first-order valence-corrected chi connectivity index (χ1v) is 7.63. The smallest absolute Gasteiger partial charge is 0.147 e. The van der Waals surface area contributed by atoms with E-state index in [1.165, 1.54) is 18.4 Å². The average molecular weight is 363 g/mol. The molecule has 1 saturated heterocycles. The van der Waals surface area contributed by atoms with Crippen LogP contribution in [-0.2, 0) is 6.42 Å². The molecule has 4 heteroatoms. The Kier molecular flexibility index (Phi) is 4.88. The Hall–Kier alpha value is -0.0600. The van der Waals surface area contributed by atoms with Gasteiger partial charge >= 0.3 is 0 Å². The summed E-state index contributed by atoms with van der Waals surface area (Å²) in [7, 11) is 0. The van der Waals surface area contributed by atoms with Crippen LogP contribution in [0, 0.1) is 0 Å². The summed E-state index contributed by atoms with van der Waals surface area (Å²) in [5.74, 6) is 0.899. The van der Waals surface area contributed by atoms with Crippen LogP contribution in [0.25, 0.3) is 0 Å². The molecule has 0 radical (unpaired) electrons. The molecule has 0 spiro atoms. The van der Waals surface area contributed by atoms with Crippen LogP contribution in [0.3, 0.4) is 0 Å². The third-order valence-corrected chi connectivity index (χ3v) is 4.17. The van der Waals surface area contributed by atoms with Gasteiger partial charge in [0.2, 0.25) is 0 Å². The van der Waals surface area contributed by atoms with Gasteiger partial charge in [-0.15, -0.1) is 0 Å². The zero-order chi connectivity index (χ0) is 12.3. The van der Waals surface area contributed by atoms with Crippen molar-refractivity contribution in [1.29, 1.82) is 0 Å². The lowest BCUT2D eigenvalue weighted by Gasteiger charge is -2.14. The van der Waals surface area contributed by atoms with E-state index in [1.807, 2.05) is 6.92 Å². The lowest BCUT2D eigenvalue weighted by molar-refractivity contribution is 0.336. The van der Waals surface area contributed by atoms with Crippen molar-refractivity contribution in [2.45, 2.75) is 32.2 Å². The van der Waals surface area contributed by atoms with Crippen LogP contribution in [-0.4, -0.2) is 19.2 Å². The Morgan fingerprint density at radius 1 is 1.35 bits per heavy atom. The zero-order valence-corrected chi connectivity index (χ0v) is 13.1. The highest BCUT2D eigenvalue weighted by Crippen LogP contribution is 2.35. The molecule has 0 aromatic heterocycles. The number of rotatable bonds is 4. The Morgan fingerprint density at radius 3 is 2.59 bits per heavy atom. The summed E-state index contributed by atoms with van der Waals surface area (Å²) in [5.41, 5.74) is 1.34. The maximum atomic E-state index is 5.58. The highest BCUT2D eigenvalue weighted by Gasteiger charge is 2.16. The van der Waals surface area contributed by atoms with E-state index < -0.39 is 0 Å². The molecular weight excluding hydrogens is 346 g/mol. The molecule has 0 amide bonds. The number of ether oxygens (including phenoxy) is 1. The molecule has 94 valence electrons. The standard InChI is InChI=1S/C13H17Br2NO/c1-2-17-13-11(14)7-9(8-12(13)15)6-10-4-3-5-16-10/h7-8,10,16H,2-6H2,1H3. The molecule has 2 rings (SSSR count). The van der Waals surface area contributed by atoms with Crippen molar-refractivity contribution in [3.8, 4) is 5.75 Å². The highest BCUT2D eigenvalue weighted by atomic mass is 79.9. The van der Waals surface area contributed by atoms with Crippen molar-refractivity contribution in [1.82, 2.24) is 5.32 Å². The maximum absolute atomic E-state index is 5.58. The summed E-state index contributed by atoms with van der Waals surface area (Å²) in [6.07, 6.45) is 3.66. The van der Waals surface area contributed by atoms with Gasteiger partial charge in [-0.05, 0) is 82.3 Å². The van der Waals surface area contributed by atoms with Gasteiger partial charge in [0.25, 0.3) is 0 Å². The summed E-state index contributed by atoms with van der Waals surface area (Å²) in [5, 5.41) is 3.52. The number of halogens is 2. The van der Waals surface area contributed by atoms with Crippen molar-refractivity contribution in [2.75, 3.05) is 13.2 Å². The van der Waals surface area contributed by atoms with Gasteiger partial charge < -0.3 is 10.1 Å². The number of benzene rings is 1. The number of nitrogens with one attached hydrogen (secondary N) is 1. The van der Waals surface area contributed by atoms with Crippen molar-refractivity contribution in [3.63, 3.8) is 0 Å². The SMILES string of the molecule is CCOc1c(Br)cc(CC2CCCN2)cc1Br. The molecule has 1 aromatic carbocycles. The van der Waals surface area contributed by atoms with Crippen molar-refractivity contribution in [2.24, 2.45) is 0 Å². The first-order chi connectivity index (χ1) is 8.20. The predicted octanol–water partition coefficient (Wildman–Crippen LogP) is 3.90. The monoisotopic (exact) mass is 361 g/mol. The molecule has 0 aliphatic carbocycles. The number of hydrogen-bond donors (Lipinski definition) is 1. The summed E-state index contributed by atoms with van der Waals surface area (Å²) in [6, 6.07) is 4.96. The molecule has 1 fully saturated rings. The van der Waals surface area contributed by atoms with Crippen LogP contribution in [0.4, 0.5) is 0 Å². The first kappa shape index (κ1) is 13.4. The molecule has 1 N–H and O–H groups in total. The fraction of sp³-hybridized carbons (Fsp3) is 0.538. The van der Waals surface area contributed by atoms with Gasteiger partial charge in [0, 0.05) is 6.04 Å². The molecule has 0 bridgehead atoms. The largest absolute Gasteiger partial charge is 0.492 e. The molecule has 0 saturated carbocycles. The Balaban J connectivity index is 2.13. The van der Waals surface area contributed by atoms with Gasteiger partial charge in [0.05, 0.1) is 15.6 Å². The van der Waals surface area contributed by atoms with Crippen LogP contribution in [0.2, 0.25) is 0 Å². The fourth-order valence-electron chi connectivity index (χ4n) is 2.23. The van der Waals surface area contributed by atoms with Crippen molar-refractivity contribution in [3.05, 3.63) is 26.6 Å². The lowest BCUT2D eigenvalue weighted by Crippen LogP contribution is -2.23. The molecule has 1 heterocycles. The van der Waals surface area contributed by atoms with Gasteiger partial charge in [0.1, 0.15) is 5.75 Å². The molecule has 2 nitrogen and oxygen atoms in total. The van der Waals surface area contributed by atoms with Crippen LogP contribution >= 0.6 is 31.9 Å². The topological polar surface area (TPSA) is 21.3 Å². The van der Waals surface area contributed by atoms with Gasteiger partial charge in [-0.25, -0.2) is 0 Å². The van der Waals surface area contributed by atoms with Gasteiger partial charge in [-0.1, -0.05) is 0 Å². The summed E-state index contributed by atoms with van der Waals surface area (Å²) in [6.45, 7) is 3.83. The molecule has 1 unspecified atom stereocenters. The molecule has 1 aromatic rings. The minimum absolute atomic E-state index is 0.631. The second-order valence-electron chi connectivity index (χ2n) is 4.32. The molecule has 1 atom stereocenters. The van der Waals surface area contributed by atoms with Crippen LogP contribution in [0.5, 0.6) is 5.75 Å². The first-order valence-electron chi connectivity index (χ1n) is 6.04. The van der Waals surface area contributed by atoms with E-state index in [0.717, 1.165) is 27.7 Å². The second-order valence-corrected chi connectivity index (χ2v) is 6.03. The van der Waals surface area contributed by atoms with E-state index in [2.05, 4.69) is 49.3 Å². The highest BCUT2D eigenvalue weighted by molar-refractivity contribution is 9.11. The summed E-state index contributed by atoms with van der Waals surface area (Å²) >= 11 is 7.15. The van der Waals surface area contributed by atoms with Crippen LogP contribution in [0.15, 0.2) is 21.1 Å². The normalized spacial score (nSPS) is 19.6. The maximum Gasteiger partial charge on any atom is 0.147 e. The summed E-state index contributed by atoms with van der Waals surface area (Å²) in [4.78, 5) is 0. The minimum Gasteiger partial charge on any atom is -0.492 e. The third-order valence-electron chi connectivity index (χ3n) is 2.99.